The van der Waals surface area contributed by atoms with Crippen LogP contribution in [-0.4, -0.2) is 22.7 Å². The Kier molecular flexibility index (Phi) is 4.35. The number of nitrogens with one attached hydrogen (secondary N) is 1. The monoisotopic (exact) mass is 273 g/mol. The van der Waals surface area contributed by atoms with Gasteiger partial charge in [0.05, 0.1) is 22.5 Å². The standard InChI is InChI=1S/C10H16BrN3O/c1-6(15)3-4-13-10-9(11)7(2)8(12)5-14-10/h5-6,15H,3-4,12H2,1-2H3,(H,13,14). The van der Waals surface area contributed by atoms with Gasteiger partial charge in [-0.15, -0.1) is 0 Å². The molecule has 0 saturated carbocycles. The second-order valence-electron chi connectivity index (χ2n) is 3.57. The molecule has 1 heterocycles. The van der Waals surface area contributed by atoms with E-state index in [1.807, 2.05) is 6.92 Å². The number of nitrogens with two attached hydrogens (primary N) is 1. The molecule has 0 aliphatic heterocycles. The lowest BCUT2D eigenvalue weighted by atomic mass is 10.2. The number of aliphatic hydroxyl groups is 1. The van der Waals surface area contributed by atoms with Crippen molar-refractivity contribution in [2.24, 2.45) is 0 Å². The second kappa shape index (κ2) is 5.32. The third-order valence-corrected chi connectivity index (χ3v) is 3.13. The van der Waals surface area contributed by atoms with Crippen LogP contribution >= 0.6 is 15.9 Å². The van der Waals surface area contributed by atoms with Gasteiger partial charge in [-0.25, -0.2) is 4.98 Å². The van der Waals surface area contributed by atoms with Crippen molar-refractivity contribution in [2.45, 2.75) is 26.4 Å². The summed E-state index contributed by atoms with van der Waals surface area (Å²) in [6.45, 7) is 4.38. The van der Waals surface area contributed by atoms with E-state index in [1.54, 1.807) is 13.1 Å². The minimum Gasteiger partial charge on any atom is -0.397 e. The zero-order chi connectivity index (χ0) is 11.4. The summed E-state index contributed by atoms with van der Waals surface area (Å²) in [5, 5.41) is 12.2. The molecule has 4 N–H and O–H groups in total. The number of halogens is 1. The van der Waals surface area contributed by atoms with Crippen molar-refractivity contribution in [3.63, 3.8) is 0 Å². The molecule has 84 valence electrons. The van der Waals surface area contributed by atoms with Crippen molar-refractivity contribution in [3.8, 4) is 0 Å². The predicted molar refractivity (Wildman–Crippen MR) is 65.9 cm³/mol. The van der Waals surface area contributed by atoms with E-state index in [-0.39, 0.29) is 6.10 Å². The number of rotatable bonds is 4. The van der Waals surface area contributed by atoms with Crippen LogP contribution in [0.15, 0.2) is 10.7 Å². The Morgan fingerprint density at radius 1 is 1.67 bits per heavy atom. The number of nitrogens with zero attached hydrogens (tertiary/aromatic N) is 1. The zero-order valence-corrected chi connectivity index (χ0v) is 10.5. The van der Waals surface area contributed by atoms with Crippen LogP contribution in [0.3, 0.4) is 0 Å². The molecule has 0 bridgehead atoms. The maximum atomic E-state index is 9.11. The van der Waals surface area contributed by atoms with Gasteiger partial charge in [0.2, 0.25) is 0 Å². The number of aromatic nitrogens is 1. The lowest BCUT2D eigenvalue weighted by Gasteiger charge is -2.11. The van der Waals surface area contributed by atoms with Gasteiger partial charge in [0.25, 0.3) is 0 Å². The predicted octanol–water partition coefficient (Wildman–Crippen LogP) is 1.92. The SMILES string of the molecule is Cc1c(N)cnc(NCCC(C)O)c1Br. The molecule has 0 radical (unpaired) electrons. The molecule has 0 aromatic carbocycles. The van der Waals surface area contributed by atoms with Crippen molar-refractivity contribution in [1.82, 2.24) is 4.98 Å². The molecule has 15 heavy (non-hydrogen) atoms. The van der Waals surface area contributed by atoms with Crippen molar-refractivity contribution < 1.29 is 5.11 Å². The fourth-order valence-electron chi connectivity index (χ4n) is 1.11. The van der Waals surface area contributed by atoms with Gasteiger partial charge < -0.3 is 16.2 Å². The second-order valence-corrected chi connectivity index (χ2v) is 4.36. The van der Waals surface area contributed by atoms with Gasteiger partial charge in [-0.05, 0) is 41.8 Å². The Balaban J connectivity index is 2.66. The summed E-state index contributed by atoms with van der Waals surface area (Å²) in [6.07, 6.45) is 2.02. The van der Waals surface area contributed by atoms with Crippen molar-refractivity contribution >= 4 is 27.4 Å². The Morgan fingerprint density at radius 2 is 2.33 bits per heavy atom. The van der Waals surface area contributed by atoms with Crippen molar-refractivity contribution in [3.05, 3.63) is 16.2 Å². The zero-order valence-electron chi connectivity index (χ0n) is 8.92. The van der Waals surface area contributed by atoms with E-state index >= 15 is 0 Å². The van der Waals surface area contributed by atoms with E-state index < -0.39 is 0 Å². The topological polar surface area (TPSA) is 71.2 Å². The molecule has 0 saturated heterocycles. The van der Waals surface area contributed by atoms with Crippen LogP contribution in [0.2, 0.25) is 0 Å². The lowest BCUT2D eigenvalue weighted by molar-refractivity contribution is 0.188. The van der Waals surface area contributed by atoms with Crippen molar-refractivity contribution in [1.29, 1.82) is 0 Å². The van der Waals surface area contributed by atoms with Crippen LogP contribution in [-0.2, 0) is 0 Å². The first-order valence-electron chi connectivity index (χ1n) is 4.85. The Bertz CT molecular complexity index is 342. The van der Waals surface area contributed by atoms with Gasteiger partial charge >= 0.3 is 0 Å². The number of nitrogen functional groups attached to an aromatic ring is 1. The molecule has 0 amide bonds. The number of hydrogen-bond donors (Lipinski definition) is 3. The summed E-state index contributed by atoms with van der Waals surface area (Å²) in [4.78, 5) is 4.17. The van der Waals surface area contributed by atoms with Gasteiger partial charge in [0, 0.05) is 6.54 Å². The first-order chi connectivity index (χ1) is 7.02. The molecular formula is C10H16BrN3O. The summed E-state index contributed by atoms with van der Waals surface area (Å²) < 4.78 is 0.882. The smallest absolute Gasteiger partial charge is 0.140 e. The van der Waals surface area contributed by atoms with Gasteiger partial charge in [-0.1, -0.05) is 0 Å². The molecular weight excluding hydrogens is 258 g/mol. The molecule has 1 atom stereocenters. The van der Waals surface area contributed by atoms with E-state index in [2.05, 4.69) is 26.2 Å². The van der Waals surface area contributed by atoms with Crippen LogP contribution in [0, 0.1) is 6.92 Å². The largest absolute Gasteiger partial charge is 0.397 e. The number of pyridine rings is 1. The third kappa shape index (κ3) is 3.35. The number of aliphatic hydroxyl groups excluding tert-OH is 1. The molecule has 0 fully saturated rings. The van der Waals surface area contributed by atoms with E-state index in [0.29, 0.717) is 18.7 Å². The Morgan fingerprint density at radius 3 is 2.93 bits per heavy atom. The van der Waals surface area contributed by atoms with Crippen LogP contribution < -0.4 is 11.1 Å². The summed E-state index contributed by atoms with van der Waals surface area (Å²) in [7, 11) is 0. The molecule has 1 aromatic rings. The van der Waals surface area contributed by atoms with E-state index in [1.165, 1.54) is 0 Å². The average molecular weight is 274 g/mol. The summed E-state index contributed by atoms with van der Waals surface area (Å²) in [5.41, 5.74) is 7.35. The summed E-state index contributed by atoms with van der Waals surface area (Å²) in [5.74, 6) is 0.766. The highest BCUT2D eigenvalue weighted by atomic mass is 79.9. The quantitative estimate of drug-likeness (QED) is 0.784. The Hall–Kier alpha value is -0.810. The maximum absolute atomic E-state index is 9.11. The third-order valence-electron chi connectivity index (χ3n) is 2.16. The summed E-state index contributed by atoms with van der Waals surface area (Å²) >= 11 is 3.43. The number of hydrogen-bond acceptors (Lipinski definition) is 4. The Labute approximate surface area is 98.0 Å². The van der Waals surface area contributed by atoms with Crippen LogP contribution in [0.5, 0.6) is 0 Å². The normalized spacial score (nSPS) is 12.5. The van der Waals surface area contributed by atoms with Gasteiger partial charge in [0.1, 0.15) is 5.82 Å². The highest BCUT2D eigenvalue weighted by Crippen LogP contribution is 2.27. The maximum Gasteiger partial charge on any atom is 0.140 e. The fraction of sp³-hybridized carbons (Fsp3) is 0.500. The minimum atomic E-state index is -0.300. The average Bonchev–Trinajstić information content (AvgIpc) is 2.18. The molecule has 5 heteroatoms. The molecule has 4 nitrogen and oxygen atoms in total. The van der Waals surface area contributed by atoms with Gasteiger partial charge in [0.15, 0.2) is 0 Å². The molecule has 1 rings (SSSR count). The van der Waals surface area contributed by atoms with Crippen LogP contribution in [0.4, 0.5) is 11.5 Å². The van der Waals surface area contributed by atoms with Gasteiger partial charge in [-0.3, -0.25) is 0 Å². The van der Waals surface area contributed by atoms with E-state index in [4.69, 9.17) is 10.8 Å². The first-order valence-corrected chi connectivity index (χ1v) is 5.64. The fourth-order valence-corrected chi connectivity index (χ4v) is 1.59. The molecule has 1 unspecified atom stereocenters. The first kappa shape index (κ1) is 12.3. The van der Waals surface area contributed by atoms with E-state index in [9.17, 15) is 0 Å². The number of anilines is 2. The molecule has 0 aliphatic rings. The lowest BCUT2D eigenvalue weighted by Crippen LogP contribution is -2.11. The van der Waals surface area contributed by atoms with E-state index in [0.717, 1.165) is 15.9 Å². The molecule has 0 aliphatic carbocycles. The molecule has 0 spiro atoms. The highest BCUT2D eigenvalue weighted by Gasteiger charge is 2.06. The molecule has 1 aromatic heterocycles. The summed E-state index contributed by atoms with van der Waals surface area (Å²) in [6, 6.07) is 0. The minimum absolute atomic E-state index is 0.300. The van der Waals surface area contributed by atoms with Gasteiger partial charge in [-0.2, -0.15) is 0 Å². The highest BCUT2D eigenvalue weighted by molar-refractivity contribution is 9.10. The van der Waals surface area contributed by atoms with Crippen LogP contribution in [0.1, 0.15) is 18.9 Å². The van der Waals surface area contributed by atoms with Crippen molar-refractivity contribution in [2.75, 3.05) is 17.6 Å². The van der Waals surface area contributed by atoms with Crippen LogP contribution in [0.25, 0.3) is 0 Å².